The van der Waals surface area contributed by atoms with Crippen molar-refractivity contribution in [2.45, 2.75) is 40.2 Å². The van der Waals surface area contributed by atoms with Gasteiger partial charge in [0.1, 0.15) is 6.54 Å². The number of hydrogen-bond acceptors (Lipinski definition) is 3. The molecule has 0 saturated heterocycles. The highest BCUT2D eigenvalue weighted by atomic mass is 16.4. The number of nitrogens with one attached hydrogen (secondary N) is 1. The van der Waals surface area contributed by atoms with Crippen LogP contribution >= 0.6 is 0 Å². The first-order valence-electron chi connectivity index (χ1n) is 5.43. The van der Waals surface area contributed by atoms with Gasteiger partial charge in [-0.2, -0.15) is 0 Å². The quantitative estimate of drug-likeness (QED) is 0.757. The summed E-state index contributed by atoms with van der Waals surface area (Å²) in [5, 5.41) is 11.4. The summed E-state index contributed by atoms with van der Waals surface area (Å²) in [6, 6.07) is 0. The van der Waals surface area contributed by atoms with Crippen LogP contribution in [-0.2, 0) is 9.59 Å². The Balaban J connectivity index is 0. The van der Waals surface area contributed by atoms with Gasteiger partial charge in [-0.3, -0.25) is 9.59 Å². The molecule has 0 aromatic rings. The van der Waals surface area contributed by atoms with Crippen molar-refractivity contribution in [3.05, 3.63) is 0 Å². The molecule has 2 N–H and O–H groups in total. The lowest BCUT2D eigenvalue weighted by Gasteiger charge is -2.22. The molecule has 0 aromatic heterocycles. The molecule has 16 heavy (non-hydrogen) atoms. The monoisotopic (exact) mass is 232 g/mol. The molecule has 0 aromatic carbocycles. The molecule has 0 unspecified atom stereocenters. The molecule has 96 valence electrons. The molecular weight excluding hydrogens is 208 g/mol. The maximum Gasteiger partial charge on any atom is 0.323 e. The van der Waals surface area contributed by atoms with Crippen molar-refractivity contribution in [1.82, 2.24) is 10.2 Å². The normalized spacial score (nSPS) is 10.1. The lowest BCUT2D eigenvalue weighted by atomic mass is 10.1. The molecular formula is C11H24N2O3. The molecule has 0 aliphatic rings. The van der Waals surface area contributed by atoms with Crippen molar-refractivity contribution in [2.75, 3.05) is 20.1 Å². The van der Waals surface area contributed by atoms with E-state index in [4.69, 9.17) is 5.11 Å². The van der Waals surface area contributed by atoms with Gasteiger partial charge in [0.25, 0.3) is 0 Å². The summed E-state index contributed by atoms with van der Waals surface area (Å²) in [7, 11) is 1.47. The van der Waals surface area contributed by atoms with E-state index in [1.54, 1.807) is 0 Å². The summed E-state index contributed by atoms with van der Waals surface area (Å²) in [6.07, 6.45) is 0. The number of nitrogens with zero attached hydrogens (tertiary/aromatic N) is 1. The van der Waals surface area contributed by atoms with Gasteiger partial charge < -0.3 is 15.3 Å². The molecule has 1 amide bonds. The molecule has 0 heterocycles. The van der Waals surface area contributed by atoms with Gasteiger partial charge in [-0.15, -0.1) is 0 Å². The van der Waals surface area contributed by atoms with Crippen LogP contribution in [-0.4, -0.2) is 47.6 Å². The fourth-order valence-electron chi connectivity index (χ4n) is 0.767. The minimum absolute atomic E-state index is 0.139. The SMILES string of the molecule is CC.CN(CC(=O)O)C(=O)CNC(C)(C)C. The van der Waals surface area contributed by atoms with Crippen LogP contribution in [0.15, 0.2) is 0 Å². The van der Waals surface area contributed by atoms with E-state index in [2.05, 4.69) is 5.32 Å². The van der Waals surface area contributed by atoms with Gasteiger partial charge in [-0.1, -0.05) is 13.8 Å². The molecule has 0 spiro atoms. The number of carboxylic acid groups (broad SMARTS) is 1. The van der Waals surface area contributed by atoms with E-state index < -0.39 is 5.97 Å². The van der Waals surface area contributed by atoms with Crippen molar-refractivity contribution >= 4 is 11.9 Å². The molecule has 0 fully saturated rings. The predicted molar refractivity (Wildman–Crippen MR) is 64.4 cm³/mol. The zero-order valence-corrected chi connectivity index (χ0v) is 11.1. The first-order chi connectivity index (χ1) is 7.22. The third kappa shape index (κ3) is 11.0. The first kappa shape index (κ1) is 17.3. The molecule has 0 aliphatic carbocycles. The number of hydrogen-bond donors (Lipinski definition) is 2. The summed E-state index contributed by atoms with van der Waals surface area (Å²) in [5.41, 5.74) is -0.139. The largest absolute Gasteiger partial charge is 0.480 e. The standard InChI is InChI=1S/C9H18N2O3.C2H6/c1-9(2,3)10-5-7(12)11(4)6-8(13)14;1-2/h10H,5-6H2,1-4H3,(H,13,14);1-2H3. The Bertz CT molecular complexity index is 222. The summed E-state index contributed by atoms with van der Waals surface area (Å²) < 4.78 is 0. The number of aliphatic carboxylic acids is 1. The van der Waals surface area contributed by atoms with Crippen molar-refractivity contribution in [2.24, 2.45) is 0 Å². The van der Waals surface area contributed by atoms with Gasteiger partial charge in [0.15, 0.2) is 0 Å². The van der Waals surface area contributed by atoms with E-state index in [0.29, 0.717) is 0 Å². The average molecular weight is 232 g/mol. The van der Waals surface area contributed by atoms with E-state index in [-0.39, 0.29) is 24.5 Å². The lowest BCUT2D eigenvalue weighted by molar-refractivity contribution is -0.143. The van der Waals surface area contributed by atoms with Gasteiger partial charge in [0.05, 0.1) is 6.54 Å². The molecule has 5 heteroatoms. The van der Waals surface area contributed by atoms with Gasteiger partial charge in [-0.25, -0.2) is 0 Å². The van der Waals surface area contributed by atoms with Gasteiger partial charge in [0.2, 0.25) is 5.91 Å². The number of amides is 1. The topological polar surface area (TPSA) is 69.6 Å². The fourth-order valence-corrected chi connectivity index (χ4v) is 0.767. The summed E-state index contributed by atoms with van der Waals surface area (Å²) in [4.78, 5) is 22.8. The highest BCUT2D eigenvalue weighted by molar-refractivity contribution is 5.82. The number of carboxylic acids is 1. The molecule has 0 aliphatic heterocycles. The zero-order valence-electron chi connectivity index (χ0n) is 11.1. The van der Waals surface area contributed by atoms with Crippen LogP contribution in [0.3, 0.4) is 0 Å². The molecule has 0 rings (SSSR count). The maximum atomic E-state index is 11.3. The lowest BCUT2D eigenvalue weighted by Crippen LogP contribution is -2.44. The number of carbonyl (C=O) groups excluding carboxylic acids is 1. The highest BCUT2D eigenvalue weighted by Gasteiger charge is 2.15. The molecule has 0 atom stereocenters. The van der Waals surface area contributed by atoms with Crippen LogP contribution in [0.2, 0.25) is 0 Å². The summed E-state index contributed by atoms with van der Waals surface area (Å²) in [5.74, 6) is -1.22. The van der Waals surface area contributed by atoms with Crippen LogP contribution in [0.25, 0.3) is 0 Å². The van der Waals surface area contributed by atoms with Crippen molar-refractivity contribution in [3.63, 3.8) is 0 Å². The molecule has 0 radical (unpaired) electrons. The van der Waals surface area contributed by atoms with E-state index in [1.165, 1.54) is 11.9 Å². The van der Waals surface area contributed by atoms with E-state index in [1.807, 2.05) is 34.6 Å². The Labute approximate surface area is 97.8 Å². The summed E-state index contributed by atoms with van der Waals surface area (Å²) in [6.45, 7) is 9.73. The van der Waals surface area contributed by atoms with Gasteiger partial charge in [-0.05, 0) is 20.8 Å². The second-order valence-corrected chi connectivity index (χ2v) is 4.25. The highest BCUT2D eigenvalue weighted by Crippen LogP contribution is 1.97. The zero-order chi connectivity index (χ0) is 13.4. The average Bonchev–Trinajstić information content (AvgIpc) is 2.15. The Kier molecular flexibility index (Phi) is 8.76. The van der Waals surface area contributed by atoms with Crippen molar-refractivity contribution < 1.29 is 14.7 Å². The predicted octanol–water partition coefficient (Wildman–Crippen LogP) is 0.944. The smallest absolute Gasteiger partial charge is 0.323 e. The Morgan fingerprint density at radius 3 is 2.00 bits per heavy atom. The van der Waals surface area contributed by atoms with Crippen LogP contribution in [0.5, 0.6) is 0 Å². The number of rotatable bonds is 4. The molecule has 5 nitrogen and oxygen atoms in total. The van der Waals surface area contributed by atoms with Crippen LogP contribution < -0.4 is 5.32 Å². The van der Waals surface area contributed by atoms with Crippen LogP contribution in [0.4, 0.5) is 0 Å². The Morgan fingerprint density at radius 1 is 1.25 bits per heavy atom. The third-order valence-electron chi connectivity index (χ3n) is 1.57. The van der Waals surface area contributed by atoms with Gasteiger partial charge >= 0.3 is 5.97 Å². The summed E-state index contributed by atoms with van der Waals surface area (Å²) >= 11 is 0. The molecule has 0 saturated carbocycles. The minimum atomic E-state index is -1.00. The number of likely N-dealkylation sites (N-methyl/N-ethyl adjacent to an activating group) is 1. The van der Waals surface area contributed by atoms with Crippen molar-refractivity contribution in [3.8, 4) is 0 Å². The fraction of sp³-hybridized carbons (Fsp3) is 0.818. The molecule has 0 bridgehead atoms. The second kappa shape index (κ2) is 8.10. The maximum absolute atomic E-state index is 11.3. The van der Waals surface area contributed by atoms with Crippen molar-refractivity contribution in [1.29, 1.82) is 0 Å². The van der Waals surface area contributed by atoms with Crippen LogP contribution in [0, 0.1) is 0 Å². The Hall–Kier alpha value is -1.10. The van der Waals surface area contributed by atoms with E-state index in [0.717, 1.165) is 0 Å². The second-order valence-electron chi connectivity index (χ2n) is 4.25. The van der Waals surface area contributed by atoms with Crippen LogP contribution in [0.1, 0.15) is 34.6 Å². The van der Waals surface area contributed by atoms with E-state index >= 15 is 0 Å². The third-order valence-corrected chi connectivity index (χ3v) is 1.57. The Morgan fingerprint density at radius 2 is 1.69 bits per heavy atom. The number of carbonyl (C=O) groups is 2. The minimum Gasteiger partial charge on any atom is -0.480 e. The van der Waals surface area contributed by atoms with Gasteiger partial charge in [0, 0.05) is 12.6 Å². The first-order valence-corrected chi connectivity index (χ1v) is 5.43. The van der Waals surface area contributed by atoms with E-state index in [9.17, 15) is 9.59 Å².